The topological polar surface area (TPSA) is 41.6 Å². The summed E-state index contributed by atoms with van der Waals surface area (Å²) in [6.45, 7) is 4.22. The Hall–Kier alpha value is -1.64. The molecule has 2 aromatic rings. The number of nitrogens with zero attached hydrogens (tertiary/aromatic N) is 2. The number of aromatic amines is 1. The first-order valence-corrected chi connectivity index (χ1v) is 4.70. The molecule has 0 fully saturated rings. The molecule has 0 saturated heterocycles. The van der Waals surface area contributed by atoms with Crippen molar-refractivity contribution in [3.8, 4) is 0 Å². The highest BCUT2D eigenvalue weighted by Crippen LogP contribution is 2.21. The first kappa shape index (κ1) is 8.94. The van der Waals surface area contributed by atoms with Crippen LogP contribution in [0.25, 0.3) is 0 Å². The number of hydrogen-bond acceptors (Lipinski definition) is 2. The number of hydrogen-bond donors (Lipinski definition) is 1. The molecule has 2 rings (SSSR count). The maximum absolute atomic E-state index is 4.01. The third-order valence-electron chi connectivity index (χ3n) is 2.46. The zero-order valence-electron chi connectivity index (χ0n) is 8.36. The molecule has 1 unspecified atom stereocenters. The summed E-state index contributed by atoms with van der Waals surface area (Å²) >= 11 is 0. The third kappa shape index (κ3) is 1.66. The predicted molar refractivity (Wildman–Crippen MR) is 55.1 cm³/mol. The Labute approximate surface area is 83.2 Å². The van der Waals surface area contributed by atoms with Crippen molar-refractivity contribution in [1.82, 2.24) is 15.4 Å². The molecule has 14 heavy (non-hydrogen) atoms. The minimum atomic E-state index is 0.300. The lowest BCUT2D eigenvalue weighted by atomic mass is 9.98. The minimum absolute atomic E-state index is 0.300. The molecular weight excluding hydrogens is 174 g/mol. The molecule has 1 heterocycles. The van der Waals surface area contributed by atoms with E-state index in [-0.39, 0.29) is 0 Å². The maximum atomic E-state index is 4.01. The molecule has 0 aliphatic carbocycles. The standard InChI is InChI=1S/C11H13N3/c1-8-3-5-10(6-4-8)9(2)11-7-12-14-13-11/h3-7,9H,1-2H3,(H,12,13,14). The summed E-state index contributed by atoms with van der Waals surface area (Å²) in [6.07, 6.45) is 1.84. The molecule has 0 spiro atoms. The van der Waals surface area contributed by atoms with Gasteiger partial charge in [0, 0.05) is 12.1 Å². The van der Waals surface area contributed by atoms with Crippen molar-refractivity contribution in [1.29, 1.82) is 0 Å². The Bertz CT molecular complexity index is 389. The fourth-order valence-electron chi connectivity index (χ4n) is 1.45. The van der Waals surface area contributed by atoms with E-state index in [1.807, 2.05) is 6.20 Å². The average molecular weight is 187 g/mol. The second-order valence-electron chi connectivity index (χ2n) is 3.53. The van der Waals surface area contributed by atoms with Gasteiger partial charge >= 0.3 is 0 Å². The van der Waals surface area contributed by atoms with Gasteiger partial charge in [0.25, 0.3) is 0 Å². The minimum Gasteiger partial charge on any atom is -0.265 e. The van der Waals surface area contributed by atoms with Crippen molar-refractivity contribution < 1.29 is 0 Å². The van der Waals surface area contributed by atoms with Gasteiger partial charge in [-0.25, -0.2) is 0 Å². The van der Waals surface area contributed by atoms with E-state index in [0.717, 1.165) is 5.69 Å². The molecule has 1 atom stereocenters. The van der Waals surface area contributed by atoms with E-state index in [2.05, 4.69) is 53.5 Å². The van der Waals surface area contributed by atoms with Crippen molar-refractivity contribution in [2.45, 2.75) is 19.8 Å². The van der Waals surface area contributed by atoms with E-state index in [1.165, 1.54) is 11.1 Å². The highest BCUT2D eigenvalue weighted by atomic mass is 15.3. The zero-order chi connectivity index (χ0) is 9.97. The van der Waals surface area contributed by atoms with E-state index in [9.17, 15) is 0 Å². The number of benzene rings is 1. The summed E-state index contributed by atoms with van der Waals surface area (Å²) < 4.78 is 0. The number of nitrogens with one attached hydrogen (secondary N) is 1. The van der Waals surface area contributed by atoms with E-state index in [1.54, 1.807) is 0 Å². The molecule has 1 N–H and O–H groups in total. The highest BCUT2D eigenvalue weighted by molar-refractivity contribution is 5.28. The largest absolute Gasteiger partial charge is 0.265 e. The molecule has 0 amide bonds. The maximum Gasteiger partial charge on any atom is 0.0896 e. The molecule has 3 heteroatoms. The molecule has 1 aromatic carbocycles. The normalized spacial score (nSPS) is 12.7. The monoisotopic (exact) mass is 187 g/mol. The van der Waals surface area contributed by atoms with Crippen LogP contribution in [0.1, 0.15) is 29.7 Å². The summed E-state index contributed by atoms with van der Waals surface area (Å²) in [5.74, 6) is 0.300. The van der Waals surface area contributed by atoms with Crippen LogP contribution in [-0.4, -0.2) is 15.4 Å². The lowest BCUT2D eigenvalue weighted by Crippen LogP contribution is -1.96. The Kier molecular flexibility index (Phi) is 2.31. The fraction of sp³-hybridized carbons (Fsp3) is 0.273. The van der Waals surface area contributed by atoms with Gasteiger partial charge in [0.2, 0.25) is 0 Å². The van der Waals surface area contributed by atoms with Gasteiger partial charge in [-0.2, -0.15) is 0 Å². The van der Waals surface area contributed by atoms with Crippen molar-refractivity contribution in [2.24, 2.45) is 0 Å². The summed E-state index contributed by atoms with van der Waals surface area (Å²) in [6, 6.07) is 8.50. The third-order valence-corrected chi connectivity index (χ3v) is 2.46. The van der Waals surface area contributed by atoms with Crippen LogP contribution in [0.15, 0.2) is 30.5 Å². The van der Waals surface area contributed by atoms with E-state index in [4.69, 9.17) is 0 Å². The SMILES string of the molecule is Cc1ccc(C(C)c2c[nH]nn2)cc1. The first-order chi connectivity index (χ1) is 6.77. The van der Waals surface area contributed by atoms with Crippen molar-refractivity contribution >= 4 is 0 Å². The van der Waals surface area contributed by atoms with Crippen LogP contribution in [0.2, 0.25) is 0 Å². The molecule has 72 valence electrons. The van der Waals surface area contributed by atoms with Gasteiger partial charge in [-0.05, 0) is 12.5 Å². The lowest BCUT2D eigenvalue weighted by Gasteiger charge is -2.07. The highest BCUT2D eigenvalue weighted by Gasteiger charge is 2.09. The Morgan fingerprint density at radius 3 is 2.50 bits per heavy atom. The van der Waals surface area contributed by atoms with Gasteiger partial charge in [0.05, 0.1) is 5.69 Å². The van der Waals surface area contributed by atoms with Gasteiger partial charge in [0.15, 0.2) is 0 Å². The zero-order valence-corrected chi connectivity index (χ0v) is 8.36. The van der Waals surface area contributed by atoms with Gasteiger partial charge in [-0.15, -0.1) is 5.10 Å². The fourth-order valence-corrected chi connectivity index (χ4v) is 1.45. The summed E-state index contributed by atoms with van der Waals surface area (Å²) in [5, 5.41) is 10.5. The first-order valence-electron chi connectivity index (χ1n) is 4.70. The van der Waals surface area contributed by atoms with Crippen LogP contribution in [0.3, 0.4) is 0 Å². The molecule has 0 bridgehead atoms. The number of rotatable bonds is 2. The molecule has 0 aliphatic heterocycles. The second-order valence-corrected chi connectivity index (χ2v) is 3.53. The number of aromatic nitrogens is 3. The van der Waals surface area contributed by atoms with Crippen LogP contribution < -0.4 is 0 Å². The Morgan fingerprint density at radius 1 is 1.21 bits per heavy atom. The van der Waals surface area contributed by atoms with Crippen LogP contribution in [0.4, 0.5) is 0 Å². The molecule has 0 radical (unpaired) electrons. The summed E-state index contributed by atoms with van der Waals surface area (Å²) in [5.41, 5.74) is 3.53. The van der Waals surface area contributed by atoms with Crippen LogP contribution in [0.5, 0.6) is 0 Å². The molecular formula is C11H13N3. The average Bonchev–Trinajstić information content (AvgIpc) is 2.71. The van der Waals surface area contributed by atoms with E-state index < -0.39 is 0 Å². The summed E-state index contributed by atoms with van der Waals surface area (Å²) in [4.78, 5) is 0. The van der Waals surface area contributed by atoms with Gasteiger partial charge in [0.1, 0.15) is 0 Å². The molecule has 0 aliphatic rings. The predicted octanol–water partition coefficient (Wildman–Crippen LogP) is 2.26. The van der Waals surface area contributed by atoms with E-state index >= 15 is 0 Å². The molecule has 1 aromatic heterocycles. The number of aryl methyl sites for hydroxylation is 1. The summed E-state index contributed by atoms with van der Waals surface area (Å²) in [7, 11) is 0. The van der Waals surface area contributed by atoms with Crippen LogP contribution in [0, 0.1) is 6.92 Å². The van der Waals surface area contributed by atoms with Gasteiger partial charge in [-0.3, -0.25) is 5.10 Å². The van der Waals surface area contributed by atoms with Crippen molar-refractivity contribution in [3.05, 3.63) is 47.3 Å². The van der Waals surface area contributed by atoms with Crippen molar-refractivity contribution in [2.75, 3.05) is 0 Å². The van der Waals surface area contributed by atoms with Crippen LogP contribution >= 0.6 is 0 Å². The Morgan fingerprint density at radius 2 is 1.93 bits per heavy atom. The van der Waals surface area contributed by atoms with Crippen molar-refractivity contribution in [3.63, 3.8) is 0 Å². The number of H-pyrrole nitrogens is 1. The Balaban J connectivity index is 2.28. The quantitative estimate of drug-likeness (QED) is 0.783. The van der Waals surface area contributed by atoms with Gasteiger partial charge in [-0.1, -0.05) is 42.0 Å². The van der Waals surface area contributed by atoms with Gasteiger partial charge < -0.3 is 0 Å². The second kappa shape index (κ2) is 3.62. The smallest absolute Gasteiger partial charge is 0.0896 e. The lowest BCUT2D eigenvalue weighted by molar-refractivity contribution is 0.840. The molecule has 3 nitrogen and oxygen atoms in total. The molecule has 0 saturated carbocycles. The van der Waals surface area contributed by atoms with Crippen LogP contribution in [-0.2, 0) is 0 Å². The van der Waals surface area contributed by atoms with E-state index in [0.29, 0.717) is 5.92 Å².